The summed E-state index contributed by atoms with van der Waals surface area (Å²) in [6, 6.07) is 7.02. The Balaban J connectivity index is 0.00000392. The lowest BCUT2D eigenvalue weighted by Gasteiger charge is -2.15. The maximum atomic E-state index is 12.8. The quantitative estimate of drug-likeness (QED) is 0.343. The number of amides is 1. The van der Waals surface area contributed by atoms with Crippen molar-refractivity contribution in [1.82, 2.24) is 15.5 Å². The van der Waals surface area contributed by atoms with Gasteiger partial charge in [0.15, 0.2) is 5.96 Å². The zero-order valence-corrected chi connectivity index (χ0v) is 18.6. The highest BCUT2D eigenvalue weighted by Crippen LogP contribution is 2.29. The molecular formula is C18H22F3IN4OS. The minimum absolute atomic E-state index is 0. The Hall–Kier alpha value is -1.82. The third-order valence-corrected chi connectivity index (χ3v) is 4.35. The summed E-state index contributed by atoms with van der Waals surface area (Å²) in [6.07, 6.45) is -4.39. The molecule has 1 aromatic carbocycles. The second-order valence-electron chi connectivity index (χ2n) is 5.99. The molecule has 2 N–H and O–H groups in total. The number of halogens is 4. The van der Waals surface area contributed by atoms with Gasteiger partial charge in [0, 0.05) is 20.6 Å². The number of carbonyl (C=O) groups excluding carboxylic acids is 1. The minimum atomic E-state index is -4.39. The highest BCUT2D eigenvalue weighted by Gasteiger charge is 2.30. The Morgan fingerprint density at radius 1 is 1.18 bits per heavy atom. The number of carbonyl (C=O) groups is 1. The highest BCUT2D eigenvalue weighted by molar-refractivity contribution is 14.0. The molecule has 154 valence electrons. The van der Waals surface area contributed by atoms with Crippen molar-refractivity contribution < 1.29 is 18.0 Å². The van der Waals surface area contributed by atoms with Crippen LogP contribution in [0.5, 0.6) is 0 Å². The number of guanidine groups is 1. The average Bonchev–Trinajstić information content (AvgIpc) is 3.13. The third kappa shape index (κ3) is 8.05. The van der Waals surface area contributed by atoms with E-state index in [1.807, 2.05) is 16.8 Å². The zero-order chi connectivity index (χ0) is 19.9. The normalized spacial score (nSPS) is 11.5. The van der Waals surface area contributed by atoms with E-state index in [-0.39, 0.29) is 43.0 Å². The molecule has 1 amide bonds. The second-order valence-corrected chi connectivity index (χ2v) is 6.77. The van der Waals surface area contributed by atoms with Gasteiger partial charge in [-0.05, 0) is 40.1 Å². The van der Waals surface area contributed by atoms with Crippen molar-refractivity contribution in [2.24, 2.45) is 4.99 Å². The van der Waals surface area contributed by atoms with E-state index in [4.69, 9.17) is 0 Å². The molecule has 10 heteroatoms. The highest BCUT2D eigenvalue weighted by atomic mass is 127. The van der Waals surface area contributed by atoms with Crippen LogP contribution in [0.4, 0.5) is 13.2 Å². The lowest BCUT2D eigenvalue weighted by Crippen LogP contribution is -2.42. The van der Waals surface area contributed by atoms with Crippen molar-refractivity contribution in [3.8, 4) is 0 Å². The van der Waals surface area contributed by atoms with Crippen LogP contribution >= 0.6 is 35.3 Å². The summed E-state index contributed by atoms with van der Waals surface area (Å²) in [5, 5.41) is 9.77. The van der Waals surface area contributed by atoms with Gasteiger partial charge in [-0.25, -0.2) is 4.99 Å². The maximum Gasteiger partial charge on any atom is 0.416 e. The Morgan fingerprint density at radius 3 is 2.54 bits per heavy atom. The predicted molar refractivity (Wildman–Crippen MR) is 116 cm³/mol. The Kier molecular flexibility index (Phi) is 9.73. The molecule has 0 atom stereocenters. The first-order valence-corrected chi connectivity index (χ1v) is 9.09. The molecule has 28 heavy (non-hydrogen) atoms. The van der Waals surface area contributed by atoms with Crippen molar-refractivity contribution in [2.75, 3.05) is 20.6 Å². The van der Waals surface area contributed by atoms with Gasteiger partial charge in [-0.3, -0.25) is 4.79 Å². The summed E-state index contributed by atoms with van der Waals surface area (Å²) < 4.78 is 38.5. The Bertz CT molecular complexity index is 779. The monoisotopic (exact) mass is 526 g/mol. The van der Waals surface area contributed by atoms with Gasteiger partial charge in [0.05, 0.1) is 18.7 Å². The molecule has 5 nitrogen and oxygen atoms in total. The SMILES string of the molecule is CN(C)C(=O)CNC(=NCc1ccsc1)NCc1cccc(C(F)(F)F)c1.I. The summed E-state index contributed by atoms with van der Waals surface area (Å²) >= 11 is 1.55. The fourth-order valence-corrected chi connectivity index (χ4v) is 2.75. The summed E-state index contributed by atoms with van der Waals surface area (Å²) in [4.78, 5) is 17.6. The minimum Gasteiger partial charge on any atom is -0.352 e. The van der Waals surface area contributed by atoms with Crippen LogP contribution in [0, 0.1) is 0 Å². The molecule has 2 aromatic rings. The van der Waals surface area contributed by atoms with Crippen LogP contribution in [0.15, 0.2) is 46.1 Å². The smallest absolute Gasteiger partial charge is 0.352 e. The topological polar surface area (TPSA) is 56.7 Å². The molecule has 2 rings (SSSR count). The summed E-state index contributed by atoms with van der Waals surface area (Å²) in [5.74, 6) is 0.216. The number of benzene rings is 1. The summed E-state index contributed by atoms with van der Waals surface area (Å²) in [5.41, 5.74) is 0.780. The van der Waals surface area contributed by atoms with Gasteiger partial charge in [0.25, 0.3) is 0 Å². The first kappa shape index (κ1) is 24.2. The molecular weight excluding hydrogens is 504 g/mol. The average molecular weight is 526 g/mol. The fourth-order valence-electron chi connectivity index (χ4n) is 2.09. The molecule has 0 unspecified atom stereocenters. The summed E-state index contributed by atoms with van der Waals surface area (Å²) in [7, 11) is 3.28. The van der Waals surface area contributed by atoms with E-state index >= 15 is 0 Å². The van der Waals surface area contributed by atoms with E-state index in [0.29, 0.717) is 18.1 Å². The largest absolute Gasteiger partial charge is 0.416 e. The summed E-state index contributed by atoms with van der Waals surface area (Å²) in [6.45, 7) is 0.582. The lowest BCUT2D eigenvalue weighted by molar-refractivity contribution is -0.137. The molecule has 0 radical (unpaired) electrons. The van der Waals surface area contributed by atoms with Crippen molar-refractivity contribution in [2.45, 2.75) is 19.3 Å². The first-order chi connectivity index (χ1) is 12.8. The number of likely N-dealkylation sites (N-methyl/N-ethyl adjacent to an activating group) is 1. The van der Waals surface area contributed by atoms with Gasteiger partial charge < -0.3 is 15.5 Å². The zero-order valence-electron chi connectivity index (χ0n) is 15.4. The number of hydrogen-bond acceptors (Lipinski definition) is 3. The van der Waals surface area contributed by atoms with E-state index in [0.717, 1.165) is 17.7 Å². The third-order valence-electron chi connectivity index (χ3n) is 3.62. The first-order valence-electron chi connectivity index (χ1n) is 8.15. The molecule has 0 fully saturated rings. The van der Waals surface area contributed by atoms with Crippen LogP contribution in [0.3, 0.4) is 0 Å². The van der Waals surface area contributed by atoms with Crippen LogP contribution in [-0.2, 0) is 24.1 Å². The molecule has 0 bridgehead atoms. The standard InChI is InChI=1S/C18H21F3N4OS.HI/c1-25(2)16(26)11-24-17(23-10-14-6-7-27-12-14)22-9-13-4-3-5-15(8-13)18(19,20)21;/h3-8,12H,9-11H2,1-2H3,(H2,22,23,24);1H. The predicted octanol–water partition coefficient (Wildman–Crippen LogP) is 3.71. The number of thiophene rings is 1. The van der Waals surface area contributed by atoms with E-state index in [1.54, 1.807) is 31.5 Å². The van der Waals surface area contributed by atoms with Crippen LogP contribution in [0.25, 0.3) is 0 Å². The number of alkyl halides is 3. The van der Waals surface area contributed by atoms with Crippen molar-refractivity contribution in [3.63, 3.8) is 0 Å². The van der Waals surface area contributed by atoms with Crippen LogP contribution < -0.4 is 10.6 Å². The van der Waals surface area contributed by atoms with Gasteiger partial charge in [-0.15, -0.1) is 24.0 Å². The molecule has 1 heterocycles. The maximum absolute atomic E-state index is 12.8. The molecule has 0 aliphatic heterocycles. The molecule has 1 aromatic heterocycles. The molecule has 0 aliphatic carbocycles. The molecule has 0 aliphatic rings. The van der Waals surface area contributed by atoms with Gasteiger partial charge in [0.2, 0.25) is 5.91 Å². The van der Waals surface area contributed by atoms with Gasteiger partial charge in [0.1, 0.15) is 0 Å². The lowest BCUT2D eigenvalue weighted by atomic mass is 10.1. The van der Waals surface area contributed by atoms with Gasteiger partial charge in [-0.2, -0.15) is 24.5 Å². The van der Waals surface area contributed by atoms with Crippen molar-refractivity contribution in [3.05, 3.63) is 57.8 Å². The fraction of sp³-hybridized carbons (Fsp3) is 0.333. The molecule has 0 spiro atoms. The van der Waals surface area contributed by atoms with Crippen LogP contribution in [-0.4, -0.2) is 37.4 Å². The van der Waals surface area contributed by atoms with Gasteiger partial charge in [-0.1, -0.05) is 12.1 Å². The van der Waals surface area contributed by atoms with E-state index in [1.165, 1.54) is 11.0 Å². The van der Waals surface area contributed by atoms with E-state index < -0.39 is 11.7 Å². The van der Waals surface area contributed by atoms with Gasteiger partial charge >= 0.3 is 6.18 Å². The number of nitrogens with one attached hydrogen (secondary N) is 2. The van der Waals surface area contributed by atoms with E-state index in [2.05, 4.69) is 15.6 Å². The van der Waals surface area contributed by atoms with Crippen molar-refractivity contribution >= 4 is 47.2 Å². The van der Waals surface area contributed by atoms with Crippen LogP contribution in [0.1, 0.15) is 16.7 Å². The number of hydrogen-bond donors (Lipinski definition) is 2. The molecule has 0 saturated carbocycles. The second kappa shape index (κ2) is 11.2. The van der Waals surface area contributed by atoms with Crippen molar-refractivity contribution in [1.29, 1.82) is 0 Å². The Morgan fingerprint density at radius 2 is 1.93 bits per heavy atom. The van der Waals surface area contributed by atoms with E-state index in [9.17, 15) is 18.0 Å². The molecule has 0 saturated heterocycles. The van der Waals surface area contributed by atoms with Crippen LogP contribution in [0.2, 0.25) is 0 Å². The number of nitrogens with zero attached hydrogens (tertiary/aromatic N) is 2. The number of rotatable bonds is 6. The Labute approximate surface area is 183 Å². The number of aliphatic imine (C=N–C) groups is 1.